The van der Waals surface area contributed by atoms with Crippen LogP contribution in [0.1, 0.15) is 29.2 Å². The molecule has 4 nitrogen and oxygen atoms in total. The number of cyclic esters (lactones) is 1. The summed E-state index contributed by atoms with van der Waals surface area (Å²) in [6.45, 7) is 4.15. The Labute approximate surface area is 94.2 Å². The molecule has 1 amide bonds. The molecule has 4 heteroatoms. The fourth-order valence-electron chi connectivity index (χ4n) is 1.97. The molecular formula is C12H15NO3. The van der Waals surface area contributed by atoms with E-state index in [1.165, 1.54) is 0 Å². The summed E-state index contributed by atoms with van der Waals surface area (Å²) in [7, 11) is 0. The molecule has 0 spiro atoms. The number of nitrogens with one attached hydrogen (secondary N) is 1. The van der Waals surface area contributed by atoms with Crippen LogP contribution in [0.25, 0.3) is 0 Å². The van der Waals surface area contributed by atoms with Gasteiger partial charge >= 0.3 is 6.09 Å². The van der Waals surface area contributed by atoms with Crippen LogP contribution in [0.4, 0.5) is 4.79 Å². The first-order valence-electron chi connectivity index (χ1n) is 5.31. The zero-order valence-electron chi connectivity index (χ0n) is 9.41. The molecule has 2 N–H and O–H groups in total. The monoisotopic (exact) mass is 221 g/mol. The van der Waals surface area contributed by atoms with Gasteiger partial charge in [0, 0.05) is 6.42 Å². The van der Waals surface area contributed by atoms with Crippen molar-refractivity contribution in [3.05, 3.63) is 28.8 Å². The molecule has 0 aliphatic carbocycles. The minimum atomic E-state index is -0.375. The second-order valence-electron chi connectivity index (χ2n) is 4.12. The van der Waals surface area contributed by atoms with Gasteiger partial charge in [-0.05, 0) is 30.5 Å². The highest BCUT2D eigenvalue weighted by atomic mass is 16.5. The van der Waals surface area contributed by atoms with Crippen LogP contribution in [0.5, 0.6) is 5.75 Å². The predicted molar refractivity (Wildman–Crippen MR) is 59.4 cm³/mol. The van der Waals surface area contributed by atoms with E-state index in [2.05, 4.69) is 5.32 Å². The van der Waals surface area contributed by atoms with Gasteiger partial charge in [0.2, 0.25) is 0 Å². The van der Waals surface area contributed by atoms with E-state index in [1.807, 2.05) is 26.0 Å². The third-order valence-corrected chi connectivity index (χ3v) is 2.85. The molecule has 1 saturated heterocycles. The number of hydrogen-bond donors (Lipinski definition) is 2. The lowest BCUT2D eigenvalue weighted by Crippen LogP contribution is -2.35. The Morgan fingerprint density at radius 1 is 1.38 bits per heavy atom. The molecule has 1 aliphatic heterocycles. The summed E-state index contributed by atoms with van der Waals surface area (Å²) in [5.41, 5.74) is 2.68. The molecule has 1 atom stereocenters. The molecule has 0 bridgehead atoms. The first-order chi connectivity index (χ1) is 7.58. The molecule has 0 saturated carbocycles. The fraction of sp³-hybridized carbons (Fsp3) is 0.417. The molecule has 1 aromatic rings. The molecule has 1 aromatic carbocycles. The number of carbonyl (C=O) groups is 1. The van der Waals surface area contributed by atoms with Crippen molar-refractivity contribution in [3.8, 4) is 5.75 Å². The number of aromatic hydroxyl groups is 1. The highest BCUT2D eigenvalue weighted by Gasteiger charge is 2.21. The number of hydrogen-bond acceptors (Lipinski definition) is 3. The van der Waals surface area contributed by atoms with E-state index < -0.39 is 0 Å². The van der Waals surface area contributed by atoms with Gasteiger partial charge in [-0.1, -0.05) is 12.1 Å². The Bertz CT molecular complexity index is 405. The van der Waals surface area contributed by atoms with Crippen LogP contribution in [-0.4, -0.2) is 17.8 Å². The third kappa shape index (κ3) is 1.96. The van der Waals surface area contributed by atoms with E-state index in [0.29, 0.717) is 12.4 Å². The quantitative estimate of drug-likeness (QED) is 0.764. The van der Waals surface area contributed by atoms with Crippen LogP contribution in [-0.2, 0) is 4.74 Å². The van der Waals surface area contributed by atoms with Gasteiger partial charge in [0.15, 0.2) is 0 Å². The molecule has 0 aromatic heterocycles. The van der Waals surface area contributed by atoms with E-state index in [1.54, 1.807) is 0 Å². The predicted octanol–water partition coefficient (Wildman–Crippen LogP) is 2.18. The molecule has 86 valence electrons. The maximum absolute atomic E-state index is 11.1. The molecule has 0 unspecified atom stereocenters. The summed E-state index contributed by atoms with van der Waals surface area (Å²) >= 11 is 0. The van der Waals surface area contributed by atoms with E-state index in [0.717, 1.165) is 23.1 Å². The largest absolute Gasteiger partial charge is 0.507 e. The van der Waals surface area contributed by atoms with Gasteiger partial charge in [-0.2, -0.15) is 0 Å². The Hall–Kier alpha value is -1.71. The summed E-state index contributed by atoms with van der Waals surface area (Å²) in [5.74, 6) is 0.321. The van der Waals surface area contributed by atoms with Gasteiger partial charge in [0.1, 0.15) is 5.75 Å². The number of phenolic OH excluding ortho intramolecular Hbond substituents is 1. The number of alkyl carbamates (subject to hydrolysis) is 1. The van der Waals surface area contributed by atoms with Crippen LogP contribution in [0.3, 0.4) is 0 Å². The number of aryl methyl sites for hydroxylation is 2. The normalized spacial score (nSPS) is 20.1. The number of amides is 1. The van der Waals surface area contributed by atoms with Gasteiger partial charge in [0.05, 0.1) is 12.6 Å². The standard InChI is InChI=1S/C12H15NO3/c1-7-5-9(6-8(2)11(7)14)10-3-4-16-12(15)13-10/h5-6,10,14H,3-4H2,1-2H3,(H,13,15)/t10-/m0/s1. The molecule has 2 rings (SSSR count). The van der Waals surface area contributed by atoms with E-state index in [4.69, 9.17) is 4.74 Å². The summed E-state index contributed by atoms with van der Waals surface area (Å²) in [6.07, 6.45) is 0.384. The summed E-state index contributed by atoms with van der Waals surface area (Å²) in [5, 5.41) is 12.4. The van der Waals surface area contributed by atoms with E-state index >= 15 is 0 Å². The summed E-state index contributed by atoms with van der Waals surface area (Å²) in [4.78, 5) is 11.1. The Morgan fingerprint density at radius 3 is 2.56 bits per heavy atom. The molecule has 1 fully saturated rings. The fourth-order valence-corrected chi connectivity index (χ4v) is 1.97. The second-order valence-corrected chi connectivity index (χ2v) is 4.12. The molecular weight excluding hydrogens is 206 g/mol. The number of carbonyl (C=O) groups excluding carboxylic acids is 1. The number of ether oxygens (including phenoxy) is 1. The highest BCUT2D eigenvalue weighted by molar-refractivity contribution is 5.68. The average Bonchev–Trinajstić information content (AvgIpc) is 2.25. The molecule has 1 heterocycles. The zero-order chi connectivity index (χ0) is 11.7. The summed E-state index contributed by atoms with van der Waals surface area (Å²) in [6, 6.07) is 3.79. The minimum Gasteiger partial charge on any atom is -0.507 e. The van der Waals surface area contributed by atoms with Gasteiger partial charge in [-0.15, -0.1) is 0 Å². The maximum atomic E-state index is 11.1. The van der Waals surface area contributed by atoms with Gasteiger partial charge in [-0.25, -0.2) is 4.79 Å². The first kappa shape index (κ1) is 10.8. The Kier molecular flexibility index (Phi) is 2.73. The zero-order valence-corrected chi connectivity index (χ0v) is 9.41. The summed E-state index contributed by atoms with van der Waals surface area (Å²) < 4.78 is 4.81. The van der Waals surface area contributed by atoms with Crippen LogP contribution in [0.2, 0.25) is 0 Å². The van der Waals surface area contributed by atoms with Crippen molar-refractivity contribution in [1.82, 2.24) is 5.32 Å². The molecule has 16 heavy (non-hydrogen) atoms. The van der Waals surface area contributed by atoms with Crippen LogP contribution < -0.4 is 5.32 Å². The van der Waals surface area contributed by atoms with Gasteiger partial charge in [-0.3, -0.25) is 0 Å². The molecule has 0 radical (unpaired) electrons. The highest BCUT2D eigenvalue weighted by Crippen LogP contribution is 2.28. The minimum absolute atomic E-state index is 0.0146. The Balaban J connectivity index is 2.30. The van der Waals surface area contributed by atoms with Crippen LogP contribution >= 0.6 is 0 Å². The lowest BCUT2D eigenvalue weighted by atomic mass is 9.98. The van der Waals surface area contributed by atoms with Crippen LogP contribution in [0, 0.1) is 13.8 Å². The van der Waals surface area contributed by atoms with Gasteiger partial charge < -0.3 is 15.2 Å². The number of benzene rings is 1. The Morgan fingerprint density at radius 2 is 2.00 bits per heavy atom. The van der Waals surface area contributed by atoms with Crippen molar-refractivity contribution in [2.75, 3.05) is 6.61 Å². The van der Waals surface area contributed by atoms with Crippen molar-refractivity contribution >= 4 is 6.09 Å². The van der Waals surface area contributed by atoms with Crippen molar-refractivity contribution in [2.24, 2.45) is 0 Å². The number of rotatable bonds is 1. The smallest absolute Gasteiger partial charge is 0.407 e. The van der Waals surface area contributed by atoms with E-state index in [-0.39, 0.29) is 12.1 Å². The number of phenols is 1. The average molecular weight is 221 g/mol. The third-order valence-electron chi connectivity index (χ3n) is 2.85. The first-order valence-corrected chi connectivity index (χ1v) is 5.31. The van der Waals surface area contributed by atoms with Crippen molar-refractivity contribution in [3.63, 3.8) is 0 Å². The lowest BCUT2D eigenvalue weighted by Gasteiger charge is -2.24. The lowest BCUT2D eigenvalue weighted by molar-refractivity contribution is 0.115. The maximum Gasteiger partial charge on any atom is 0.407 e. The topological polar surface area (TPSA) is 58.6 Å². The SMILES string of the molecule is Cc1cc([C@@H]2CCOC(=O)N2)cc(C)c1O. The van der Waals surface area contributed by atoms with Gasteiger partial charge in [0.25, 0.3) is 0 Å². The van der Waals surface area contributed by atoms with Crippen molar-refractivity contribution in [1.29, 1.82) is 0 Å². The van der Waals surface area contributed by atoms with Crippen LogP contribution in [0.15, 0.2) is 12.1 Å². The second kappa shape index (κ2) is 4.04. The van der Waals surface area contributed by atoms with E-state index in [9.17, 15) is 9.90 Å². The van der Waals surface area contributed by atoms with Crippen molar-refractivity contribution < 1.29 is 14.6 Å². The van der Waals surface area contributed by atoms with Crippen molar-refractivity contribution in [2.45, 2.75) is 26.3 Å². The molecule has 1 aliphatic rings.